The highest BCUT2D eigenvalue weighted by Crippen LogP contribution is 2.42. The second-order valence-electron chi connectivity index (χ2n) is 7.33. The summed E-state index contributed by atoms with van der Waals surface area (Å²) in [7, 11) is 5.85. The van der Waals surface area contributed by atoms with E-state index in [1.54, 1.807) is 19.2 Å². The van der Waals surface area contributed by atoms with Gasteiger partial charge in [-0.3, -0.25) is 9.59 Å². The molecule has 1 atom stereocenters. The average Bonchev–Trinajstić information content (AvgIpc) is 2.87. The molecule has 2 aromatic carbocycles. The minimum Gasteiger partial charge on any atom is -0.502 e. The van der Waals surface area contributed by atoms with Gasteiger partial charge in [-0.2, -0.15) is 0 Å². The molecule has 0 bridgehead atoms. The molecule has 186 valence electrons. The van der Waals surface area contributed by atoms with E-state index in [4.69, 9.17) is 23.4 Å². The Morgan fingerprint density at radius 2 is 1.77 bits per heavy atom. The van der Waals surface area contributed by atoms with Gasteiger partial charge in [-0.1, -0.05) is 0 Å². The monoisotopic (exact) mass is 564 g/mol. The van der Waals surface area contributed by atoms with E-state index in [1.807, 2.05) is 24.3 Å². The van der Waals surface area contributed by atoms with Gasteiger partial charge >= 0.3 is 5.97 Å². The molecular formula is C25H25BrO8S. The Bertz CT molecular complexity index is 1240. The maximum atomic E-state index is 12.6. The molecule has 0 saturated heterocycles. The predicted molar refractivity (Wildman–Crippen MR) is 135 cm³/mol. The molecule has 3 aromatic rings. The Morgan fingerprint density at radius 3 is 2.37 bits per heavy atom. The van der Waals surface area contributed by atoms with Crippen molar-refractivity contribution in [1.82, 2.24) is 0 Å². The summed E-state index contributed by atoms with van der Waals surface area (Å²) in [6.45, 7) is 0. The third-order valence-corrected chi connectivity index (χ3v) is 6.84. The van der Waals surface area contributed by atoms with Gasteiger partial charge in [-0.15, -0.1) is 11.8 Å². The van der Waals surface area contributed by atoms with Gasteiger partial charge in [0.2, 0.25) is 11.2 Å². The zero-order chi connectivity index (χ0) is 25.5. The zero-order valence-corrected chi connectivity index (χ0v) is 22.0. The summed E-state index contributed by atoms with van der Waals surface area (Å²) in [6, 6.07) is 12.1. The van der Waals surface area contributed by atoms with Crippen molar-refractivity contribution in [2.24, 2.45) is 0 Å². The summed E-state index contributed by atoms with van der Waals surface area (Å²) >= 11 is 4.89. The number of halogens is 1. The van der Waals surface area contributed by atoms with E-state index in [2.05, 4.69) is 15.9 Å². The molecule has 0 spiro atoms. The van der Waals surface area contributed by atoms with Crippen molar-refractivity contribution >= 4 is 33.7 Å². The summed E-state index contributed by atoms with van der Waals surface area (Å²) in [4.78, 5) is 25.8. The molecule has 0 saturated carbocycles. The lowest BCUT2D eigenvalue weighted by molar-refractivity contribution is -0.140. The third kappa shape index (κ3) is 6.32. The first-order valence-corrected chi connectivity index (χ1v) is 12.2. The molecular weight excluding hydrogens is 540 g/mol. The number of carbonyl (C=O) groups excluding carboxylic acids is 1. The van der Waals surface area contributed by atoms with Gasteiger partial charge < -0.3 is 28.5 Å². The Labute approximate surface area is 215 Å². The molecule has 3 rings (SSSR count). The molecule has 1 N–H and O–H groups in total. The lowest BCUT2D eigenvalue weighted by Crippen LogP contribution is -2.14. The fraction of sp³-hybridized carbons (Fsp3) is 0.280. The fourth-order valence-electron chi connectivity index (χ4n) is 3.44. The largest absolute Gasteiger partial charge is 0.502 e. The van der Waals surface area contributed by atoms with Crippen molar-refractivity contribution in [3.63, 3.8) is 0 Å². The van der Waals surface area contributed by atoms with Crippen LogP contribution in [0.3, 0.4) is 0 Å². The molecule has 1 heterocycles. The van der Waals surface area contributed by atoms with Gasteiger partial charge in [-0.05, 0) is 57.9 Å². The summed E-state index contributed by atoms with van der Waals surface area (Å²) in [5, 5.41) is 10.6. The molecule has 0 fully saturated rings. The van der Waals surface area contributed by atoms with Crippen LogP contribution < -0.4 is 19.6 Å². The Balaban J connectivity index is 2.02. The Kier molecular flexibility index (Phi) is 9.11. The molecule has 10 heteroatoms. The van der Waals surface area contributed by atoms with Crippen LogP contribution in [0.25, 0.3) is 0 Å². The van der Waals surface area contributed by atoms with Crippen LogP contribution in [0.1, 0.15) is 29.4 Å². The van der Waals surface area contributed by atoms with Crippen LogP contribution in [-0.4, -0.2) is 39.5 Å². The van der Waals surface area contributed by atoms with Gasteiger partial charge in [0.15, 0.2) is 17.3 Å². The molecule has 0 aliphatic carbocycles. The third-order valence-electron chi connectivity index (χ3n) is 5.21. The lowest BCUT2D eigenvalue weighted by Gasteiger charge is -2.20. The van der Waals surface area contributed by atoms with Gasteiger partial charge in [0.1, 0.15) is 11.5 Å². The van der Waals surface area contributed by atoms with Gasteiger partial charge in [0.05, 0.1) is 51.0 Å². The van der Waals surface area contributed by atoms with Crippen LogP contribution in [0.15, 0.2) is 61.0 Å². The van der Waals surface area contributed by atoms with E-state index in [0.29, 0.717) is 33.0 Å². The smallest absolute Gasteiger partial charge is 0.306 e. The first-order chi connectivity index (χ1) is 16.8. The highest BCUT2D eigenvalue weighted by molar-refractivity contribution is 9.10. The highest BCUT2D eigenvalue weighted by atomic mass is 79.9. The summed E-state index contributed by atoms with van der Waals surface area (Å²) in [6.07, 6.45) is -0.177. The topological polar surface area (TPSA) is 104 Å². The van der Waals surface area contributed by atoms with E-state index in [1.165, 1.54) is 39.2 Å². The van der Waals surface area contributed by atoms with Crippen molar-refractivity contribution in [2.75, 3.05) is 28.4 Å². The van der Waals surface area contributed by atoms with Crippen molar-refractivity contribution in [2.45, 2.75) is 23.0 Å². The number of esters is 1. The molecule has 35 heavy (non-hydrogen) atoms. The number of methoxy groups -OCH3 is 4. The van der Waals surface area contributed by atoms with Crippen LogP contribution in [0, 0.1) is 0 Å². The minimum absolute atomic E-state index is 0.0349. The van der Waals surface area contributed by atoms with E-state index < -0.39 is 23.1 Å². The minimum atomic E-state index is -0.822. The lowest BCUT2D eigenvalue weighted by atomic mass is 9.92. The normalized spacial score (nSPS) is 11.6. The summed E-state index contributed by atoms with van der Waals surface area (Å²) in [5.41, 5.74) is -0.0516. The van der Waals surface area contributed by atoms with E-state index in [9.17, 15) is 14.7 Å². The molecule has 0 aliphatic heterocycles. The second kappa shape index (κ2) is 12.0. The van der Waals surface area contributed by atoms with Crippen LogP contribution >= 0.6 is 27.7 Å². The molecule has 1 aromatic heterocycles. The number of hydrogen-bond acceptors (Lipinski definition) is 9. The Hall–Kier alpha value is -3.11. The zero-order valence-electron chi connectivity index (χ0n) is 19.6. The first kappa shape index (κ1) is 26.5. The fourth-order valence-corrected chi connectivity index (χ4v) is 4.84. The average molecular weight is 565 g/mol. The quantitative estimate of drug-likeness (QED) is 0.265. The van der Waals surface area contributed by atoms with Crippen molar-refractivity contribution in [3.05, 3.63) is 74.2 Å². The molecule has 0 radical (unpaired) electrons. The van der Waals surface area contributed by atoms with Crippen LogP contribution in [0.2, 0.25) is 0 Å². The number of rotatable bonds is 10. The van der Waals surface area contributed by atoms with E-state index >= 15 is 0 Å². The number of ether oxygens (including phenoxy) is 4. The summed E-state index contributed by atoms with van der Waals surface area (Å²) in [5.74, 6) is 0.310. The van der Waals surface area contributed by atoms with Crippen molar-refractivity contribution < 1.29 is 33.3 Å². The number of hydrogen-bond donors (Lipinski definition) is 1. The number of aromatic hydroxyl groups is 1. The van der Waals surface area contributed by atoms with Crippen molar-refractivity contribution in [3.8, 4) is 23.0 Å². The van der Waals surface area contributed by atoms with Crippen LogP contribution in [0.5, 0.6) is 23.0 Å². The Morgan fingerprint density at radius 1 is 1.06 bits per heavy atom. The number of benzene rings is 2. The highest BCUT2D eigenvalue weighted by Gasteiger charge is 2.28. The number of carbonyl (C=O) groups is 1. The molecule has 8 nitrogen and oxygen atoms in total. The van der Waals surface area contributed by atoms with E-state index in [-0.39, 0.29) is 12.2 Å². The first-order valence-electron chi connectivity index (χ1n) is 10.4. The van der Waals surface area contributed by atoms with Gasteiger partial charge in [0, 0.05) is 11.0 Å². The molecule has 0 amide bonds. The van der Waals surface area contributed by atoms with E-state index in [0.717, 1.165) is 10.6 Å². The molecule has 0 unspecified atom stereocenters. The number of thioether (sulfide) groups is 1. The van der Waals surface area contributed by atoms with Crippen LogP contribution in [0.4, 0.5) is 0 Å². The standard InChI is InChI=1S/C25H25BrO8S/c1-30-15-5-7-17(8-6-15)35-13-16-11-20(27)23(29)24(34-16)18(12-22(28)32-3)14-9-19(26)25(33-4)21(10-14)31-2/h5-11,18,29H,12-13H2,1-4H3/t18-/m0/s1. The molecule has 0 aliphatic rings. The van der Waals surface area contributed by atoms with Gasteiger partial charge in [0.25, 0.3) is 0 Å². The van der Waals surface area contributed by atoms with Gasteiger partial charge in [-0.25, -0.2) is 0 Å². The SMILES string of the molecule is COC(=O)C[C@@H](c1cc(Br)c(OC)c(OC)c1)c1oc(CSc2ccc(OC)cc2)cc(=O)c1O. The maximum absolute atomic E-state index is 12.6. The second-order valence-corrected chi connectivity index (χ2v) is 9.23. The van der Waals surface area contributed by atoms with Crippen LogP contribution in [-0.2, 0) is 15.3 Å². The predicted octanol–water partition coefficient (Wildman–Crippen LogP) is 5.12. The summed E-state index contributed by atoms with van der Waals surface area (Å²) < 4.78 is 27.4. The maximum Gasteiger partial charge on any atom is 0.306 e. The van der Waals surface area contributed by atoms with Crippen molar-refractivity contribution in [1.29, 1.82) is 0 Å².